The Morgan fingerprint density at radius 3 is 2.70 bits per heavy atom. The number of carbonyl (C=O) groups is 1. The number of nitrogens with two attached hydrogens (primary N) is 1. The van der Waals surface area contributed by atoms with Crippen LogP contribution in [0.5, 0.6) is 0 Å². The summed E-state index contributed by atoms with van der Waals surface area (Å²) in [6.07, 6.45) is 10.6. The van der Waals surface area contributed by atoms with Gasteiger partial charge in [0, 0.05) is 54.8 Å². The number of pyridine rings is 1. The molecule has 2 fully saturated rings. The van der Waals surface area contributed by atoms with Crippen LogP contribution in [0.4, 0.5) is 5.82 Å². The van der Waals surface area contributed by atoms with Crippen LogP contribution in [0.2, 0.25) is 0 Å². The van der Waals surface area contributed by atoms with Crippen molar-refractivity contribution in [3.05, 3.63) is 65.5 Å². The molecule has 0 saturated carbocycles. The van der Waals surface area contributed by atoms with Crippen molar-refractivity contribution < 1.29 is 4.79 Å². The first-order valence-electron chi connectivity index (χ1n) is 11.8. The zero-order valence-electron chi connectivity index (χ0n) is 19.1. The zero-order chi connectivity index (χ0) is 22.8. The van der Waals surface area contributed by atoms with Crippen LogP contribution in [0, 0.1) is 6.92 Å². The molecule has 170 valence electrons. The van der Waals surface area contributed by atoms with Gasteiger partial charge in [0.05, 0.1) is 6.04 Å². The maximum Gasteiger partial charge on any atom is 0.273 e. The number of hydrogen-bond acceptors (Lipinski definition) is 6. The molecule has 5 rings (SSSR count). The van der Waals surface area contributed by atoms with Crippen LogP contribution in [0.15, 0.2) is 48.4 Å². The number of aromatic nitrogens is 3. The Morgan fingerprint density at radius 2 is 1.85 bits per heavy atom. The lowest BCUT2D eigenvalue weighted by molar-refractivity contribution is 0.0648. The molecule has 0 aliphatic carbocycles. The number of carbonyl (C=O) groups excluding carboxylic acids is 1. The van der Waals surface area contributed by atoms with E-state index >= 15 is 0 Å². The third-order valence-corrected chi connectivity index (χ3v) is 6.69. The van der Waals surface area contributed by atoms with Crippen molar-refractivity contribution in [2.24, 2.45) is 5.73 Å². The number of benzene rings is 1. The Hall–Kier alpha value is -3.48. The minimum absolute atomic E-state index is 0.0737. The van der Waals surface area contributed by atoms with Crippen LogP contribution >= 0.6 is 0 Å². The number of fused-ring (bicyclic) bond motifs is 1. The number of piperidine rings is 1. The number of nitrogens with zero attached hydrogens (tertiary/aromatic N) is 5. The molecule has 4 heterocycles. The van der Waals surface area contributed by atoms with Gasteiger partial charge in [-0.25, -0.2) is 9.97 Å². The molecule has 2 aliphatic heterocycles. The molecule has 0 bridgehead atoms. The summed E-state index contributed by atoms with van der Waals surface area (Å²) in [5.41, 5.74) is 8.77. The van der Waals surface area contributed by atoms with Gasteiger partial charge in [-0.05, 0) is 50.5 Å². The molecule has 1 aromatic carbocycles. The largest absolute Gasteiger partial charge is 0.400 e. The molecule has 2 aliphatic rings. The van der Waals surface area contributed by atoms with E-state index < -0.39 is 0 Å². The van der Waals surface area contributed by atoms with Crippen LogP contribution in [0.25, 0.3) is 16.8 Å². The number of anilines is 1. The minimum Gasteiger partial charge on any atom is -0.400 e. The molecule has 0 unspecified atom stereocenters. The molecule has 7 nitrogen and oxygen atoms in total. The monoisotopic (exact) mass is 442 g/mol. The first-order valence-corrected chi connectivity index (χ1v) is 11.8. The quantitative estimate of drug-likeness (QED) is 0.659. The predicted molar refractivity (Wildman–Crippen MR) is 131 cm³/mol. The van der Waals surface area contributed by atoms with E-state index in [-0.39, 0.29) is 11.9 Å². The second-order valence-electron chi connectivity index (χ2n) is 8.96. The van der Waals surface area contributed by atoms with E-state index in [1.54, 1.807) is 6.20 Å². The lowest BCUT2D eigenvalue weighted by Crippen LogP contribution is -2.46. The van der Waals surface area contributed by atoms with Crippen LogP contribution in [0.1, 0.15) is 54.0 Å². The second kappa shape index (κ2) is 9.17. The van der Waals surface area contributed by atoms with Gasteiger partial charge < -0.3 is 15.5 Å². The summed E-state index contributed by atoms with van der Waals surface area (Å²) in [6.45, 7) is 4.76. The van der Waals surface area contributed by atoms with Crippen molar-refractivity contribution in [2.45, 2.75) is 45.1 Å². The van der Waals surface area contributed by atoms with Crippen LogP contribution in [-0.4, -0.2) is 51.4 Å². The number of rotatable bonds is 4. The van der Waals surface area contributed by atoms with Gasteiger partial charge >= 0.3 is 0 Å². The van der Waals surface area contributed by atoms with Gasteiger partial charge in [-0.15, -0.1) is 0 Å². The van der Waals surface area contributed by atoms with Crippen molar-refractivity contribution in [3.63, 3.8) is 0 Å². The highest BCUT2D eigenvalue weighted by atomic mass is 16.2. The van der Waals surface area contributed by atoms with E-state index in [1.807, 2.05) is 54.4 Å². The fourth-order valence-electron chi connectivity index (χ4n) is 4.96. The lowest BCUT2D eigenvalue weighted by atomic mass is 9.98. The van der Waals surface area contributed by atoms with Gasteiger partial charge in [-0.3, -0.25) is 9.78 Å². The number of hydrogen-bond donors (Lipinski definition) is 1. The Labute approximate surface area is 194 Å². The van der Waals surface area contributed by atoms with E-state index in [9.17, 15) is 4.79 Å². The fourth-order valence-corrected chi connectivity index (χ4v) is 4.96. The summed E-state index contributed by atoms with van der Waals surface area (Å²) < 4.78 is 0. The average Bonchev–Trinajstić information content (AvgIpc) is 3.39. The number of amides is 1. The standard InChI is InChI=1S/C26H30N6O/c1-18-17-29-23(30-25(18)31-13-6-7-14-31)16-21(27)22-10-4-5-15-32(22)26(33)24-20-9-3-2-8-19(20)11-12-28-24/h2-3,8-9,11-12,16-17,22H,4-7,10,13-15,27H2,1H3/t22-/m0/s1. The van der Waals surface area contributed by atoms with E-state index in [0.29, 0.717) is 23.8 Å². The Balaban J connectivity index is 1.44. The molecule has 1 amide bonds. The molecule has 7 heteroatoms. The maximum atomic E-state index is 13.6. The first kappa shape index (κ1) is 21.4. The van der Waals surface area contributed by atoms with Crippen molar-refractivity contribution in [1.29, 1.82) is 0 Å². The molecular formula is C26H30N6O. The molecule has 3 aromatic rings. The topological polar surface area (TPSA) is 88.2 Å². The molecule has 2 N–H and O–H groups in total. The van der Waals surface area contributed by atoms with Crippen LogP contribution in [-0.2, 0) is 0 Å². The SMILES string of the molecule is Cc1cnc(C=C(N)[C@@H]2CCCCN2C(=O)c2nccc3ccccc23)nc1N1CCCC1. The maximum absolute atomic E-state index is 13.6. The predicted octanol–water partition coefficient (Wildman–Crippen LogP) is 3.93. The van der Waals surface area contributed by atoms with Crippen molar-refractivity contribution in [3.8, 4) is 0 Å². The summed E-state index contributed by atoms with van der Waals surface area (Å²) in [6, 6.07) is 9.61. The molecule has 33 heavy (non-hydrogen) atoms. The average molecular weight is 443 g/mol. The molecule has 0 spiro atoms. The summed E-state index contributed by atoms with van der Waals surface area (Å²) in [7, 11) is 0. The van der Waals surface area contributed by atoms with Crippen molar-refractivity contribution in [1.82, 2.24) is 19.9 Å². The second-order valence-corrected chi connectivity index (χ2v) is 8.96. The number of aryl methyl sites for hydroxylation is 1. The van der Waals surface area contributed by atoms with Gasteiger partial charge in [0.2, 0.25) is 0 Å². The van der Waals surface area contributed by atoms with Gasteiger partial charge in [0.1, 0.15) is 11.5 Å². The Morgan fingerprint density at radius 1 is 1.06 bits per heavy atom. The third kappa shape index (κ3) is 4.27. The van der Waals surface area contributed by atoms with Gasteiger partial charge in [-0.1, -0.05) is 24.3 Å². The van der Waals surface area contributed by atoms with Gasteiger partial charge in [0.25, 0.3) is 5.91 Å². The Bertz CT molecular complexity index is 1200. The fraction of sp³-hybridized carbons (Fsp3) is 0.385. The highest BCUT2D eigenvalue weighted by molar-refractivity contribution is 6.05. The molecular weight excluding hydrogens is 412 g/mol. The third-order valence-electron chi connectivity index (χ3n) is 6.69. The van der Waals surface area contributed by atoms with E-state index in [2.05, 4.69) is 14.9 Å². The molecule has 0 radical (unpaired) electrons. The smallest absolute Gasteiger partial charge is 0.273 e. The lowest BCUT2D eigenvalue weighted by Gasteiger charge is -2.36. The first-order chi connectivity index (χ1) is 16.1. The van der Waals surface area contributed by atoms with Gasteiger partial charge in [-0.2, -0.15) is 0 Å². The molecule has 1 atom stereocenters. The Kier molecular flexibility index (Phi) is 5.94. The molecule has 2 saturated heterocycles. The van der Waals surface area contributed by atoms with E-state index in [0.717, 1.165) is 54.5 Å². The van der Waals surface area contributed by atoms with E-state index in [4.69, 9.17) is 10.7 Å². The molecule has 2 aromatic heterocycles. The summed E-state index contributed by atoms with van der Waals surface area (Å²) in [5.74, 6) is 1.51. The van der Waals surface area contributed by atoms with Gasteiger partial charge in [0.15, 0.2) is 5.82 Å². The normalized spacial score (nSPS) is 19.3. The summed E-state index contributed by atoms with van der Waals surface area (Å²) in [4.78, 5) is 31.5. The van der Waals surface area contributed by atoms with Crippen LogP contribution in [0.3, 0.4) is 0 Å². The van der Waals surface area contributed by atoms with Crippen LogP contribution < -0.4 is 10.6 Å². The van der Waals surface area contributed by atoms with Crippen molar-refractivity contribution in [2.75, 3.05) is 24.5 Å². The highest BCUT2D eigenvalue weighted by Crippen LogP contribution is 2.27. The summed E-state index contributed by atoms with van der Waals surface area (Å²) >= 11 is 0. The van der Waals surface area contributed by atoms with E-state index in [1.165, 1.54) is 12.8 Å². The minimum atomic E-state index is -0.188. The van der Waals surface area contributed by atoms with Crippen molar-refractivity contribution >= 4 is 28.6 Å². The zero-order valence-corrected chi connectivity index (χ0v) is 19.1. The summed E-state index contributed by atoms with van der Waals surface area (Å²) in [5, 5.41) is 1.88. The number of likely N-dealkylation sites (tertiary alicyclic amines) is 1. The highest BCUT2D eigenvalue weighted by Gasteiger charge is 2.31.